The first-order chi connectivity index (χ1) is 10.7. The monoisotopic (exact) mass is 301 g/mol. The van der Waals surface area contributed by atoms with Gasteiger partial charge in [0.2, 0.25) is 0 Å². The van der Waals surface area contributed by atoms with Gasteiger partial charge in [0.15, 0.2) is 11.5 Å². The first-order valence-electron chi connectivity index (χ1n) is 8.45. The highest BCUT2D eigenvalue weighted by Gasteiger charge is 2.65. The van der Waals surface area contributed by atoms with Gasteiger partial charge in [-0.05, 0) is 49.3 Å². The SMILES string of the molecule is COc1ccc2c3c1O[C@H]1[C@@H](O)C(C)C[C@H]4[C@@H](C2)NCC[C@@]341. The Balaban J connectivity index is 1.79. The lowest BCUT2D eigenvalue weighted by Crippen LogP contribution is -2.67. The molecule has 0 aromatic heterocycles. The van der Waals surface area contributed by atoms with Gasteiger partial charge in [-0.15, -0.1) is 0 Å². The molecule has 2 bridgehead atoms. The minimum atomic E-state index is -0.391. The maximum absolute atomic E-state index is 10.8. The normalized spacial score (nSPS) is 44.2. The van der Waals surface area contributed by atoms with E-state index in [2.05, 4.69) is 18.3 Å². The summed E-state index contributed by atoms with van der Waals surface area (Å²) in [7, 11) is 1.70. The molecule has 5 rings (SSSR count). The molecule has 1 aromatic carbocycles. The number of methoxy groups -OCH3 is 1. The molecular formula is C18H23NO3. The Labute approximate surface area is 130 Å². The fourth-order valence-electron chi connectivity index (χ4n) is 5.79. The zero-order valence-corrected chi connectivity index (χ0v) is 13.1. The van der Waals surface area contributed by atoms with Crippen molar-refractivity contribution >= 4 is 0 Å². The average molecular weight is 301 g/mol. The van der Waals surface area contributed by atoms with E-state index in [1.54, 1.807) is 7.11 Å². The van der Waals surface area contributed by atoms with Crippen molar-refractivity contribution in [3.63, 3.8) is 0 Å². The largest absolute Gasteiger partial charge is 0.493 e. The van der Waals surface area contributed by atoms with Crippen molar-refractivity contribution in [3.8, 4) is 11.5 Å². The van der Waals surface area contributed by atoms with Crippen LogP contribution in [0.5, 0.6) is 11.5 Å². The highest BCUT2D eigenvalue weighted by molar-refractivity contribution is 5.61. The molecule has 4 aliphatic rings. The Morgan fingerprint density at radius 2 is 2.27 bits per heavy atom. The lowest BCUT2D eigenvalue weighted by atomic mass is 9.50. The summed E-state index contributed by atoms with van der Waals surface area (Å²) in [4.78, 5) is 0. The summed E-state index contributed by atoms with van der Waals surface area (Å²) in [5.74, 6) is 2.57. The summed E-state index contributed by atoms with van der Waals surface area (Å²) >= 11 is 0. The van der Waals surface area contributed by atoms with Crippen molar-refractivity contribution in [1.82, 2.24) is 5.32 Å². The summed E-state index contributed by atoms with van der Waals surface area (Å²) in [6.45, 7) is 3.17. The molecule has 2 fully saturated rings. The van der Waals surface area contributed by atoms with Crippen molar-refractivity contribution in [2.75, 3.05) is 13.7 Å². The van der Waals surface area contributed by atoms with Crippen LogP contribution in [0, 0.1) is 11.8 Å². The van der Waals surface area contributed by atoms with E-state index in [1.807, 2.05) is 6.07 Å². The van der Waals surface area contributed by atoms with Gasteiger partial charge in [0.05, 0.1) is 13.2 Å². The standard InChI is InChI=1S/C18H23NO3/c1-9-7-11-12-8-10-3-4-13(21-2)16-14(10)18(11,5-6-19-12)17(22-16)15(9)20/h3-4,9,11-12,15,17,19-20H,5-8H2,1-2H3/t9?,11-,12+,15-,17-,18-/m0/s1. The second kappa shape index (κ2) is 4.18. The number of ether oxygens (including phenoxy) is 2. The average Bonchev–Trinajstić information content (AvgIpc) is 2.85. The van der Waals surface area contributed by atoms with Crippen LogP contribution in [0.3, 0.4) is 0 Å². The highest BCUT2D eigenvalue weighted by Crippen LogP contribution is 2.63. The van der Waals surface area contributed by atoms with E-state index >= 15 is 0 Å². The van der Waals surface area contributed by atoms with E-state index in [0.717, 1.165) is 37.3 Å². The number of piperidine rings is 1. The number of rotatable bonds is 1. The number of hydrogen-bond acceptors (Lipinski definition) is 4. The zero-order chi connectivity index (χ0) is 15.1. The zero-order valence-electron chi connectivity index (χ0n) is 13.1. The molecule has 22 heavy (non-hydrogen) atoms. The van der Waals surface area contributed by atoms with Crippen LogP contribution in [0.25, 0.3) is 0 Å². The summed E-state index contributed by atoms with van der Waals surface area (Å²) in [6.07, 6.45) is 2.69. The van der Waals surface area contributed by atoms with E-state index in [9.17, 15) is 5.11 Å². The first kappa shape index (κ1) is 13.2. The maximum Gasteiger partial charge on any atom is 0.165 e. The van der Waals surface area contributed by atoms with Crippen molar-refractivity contribution < 1.29 is 14.6 Å². The number of hydrogen-bond donors (Lipinski definition) is 2. The van der Waals surface area contributed by atoms with Crippen LogP contribution >= 0.6 is 0 Å². The van der Waals surface area contributed by atoms with Gasteiger partial charge in [-0.3, -0.25) is 0 Å². The molecule has 1 saturated heterocycles. The van der Waals surface area contributed by atoms with E-state index in [-0.39, 0.29) is 17.4 Å². The van der Waals surface area contributed by atoms with Crippen molar-refractivity contribution in [3.05, 3.63) is 23.3 Å². The molecule has 118 valence electrons. The van der Waals surface area contributed by atoms with Gasteiger partial charge in [-0.1, -0.05) is 13.0 Å². The second-order valence-corrected chi connectivity index (χ2v) is 7.53. The van der Waals surface area contributed by atoms with Crippen LogP contribution in [0.4, 0.5) is 0 Å². The molecule has 4 heteroatoms. The van der Waals surface area contributed by atoms with Crippen LogP contribution in [-0.2, 0) is 11.8 Å². The molecule has 2 aliphatic carbocycles. The molecule has 2 heterocycles. The third-order valence-corrected chi connectivity index (χ3v) is 6.70. The van der Waals surface area contributed by atoms with Gasteiger partial charge < -0.3 is 19.9 Å². The molecule has 1 spiro atoms. The Morgan fingerprint density at radius 1 is 1.41 bits per heavy atom. The Hall–Kier alpha value is -1.26. The van der Waals surface area contributed by atoms with Crippen LogP contribution in [-0.4, -0.2) is 37.0 Å². The number of aliphatic hydroxyl groups excluding tert-OH is 1. The Morgan fingerprint density at radius 3 is 3.09 bits per heavy atom. The summed E-state index contributed by atoms with van der Waals surface area (Å²) in [5, 5.41) is 14.6. The van der Waals surface area contributed by atoms with E-state index in [1.165, 1.54) is 11.1 Å². The van der Waals surface area contributed by atoms with Gasteiger partial charge >= 0.3 is 0 Å². The van der Waals surface area contributed by atoms with Gasteiger partial charge in [-0.25, -0.2) is 0 Å². The van der Waals surface area contributed by atoms with Gasteiger partial charge in [0, 0.05) is 17.0 Å². The molecule has 2 N–H and O–H groups in total. The maximum atomic E-state index is 10.8. The van der Waals surface area contributed by atoms with E-state index in [0.29, 0.717) is 12.0 Å². The second-order valence-electron chi connectivity index (χ2n) is 7.53. The van der Waals surface area contributed by atoms with E-state index in [4.69, 9.17) is 9.47 Å². The summed E-state index contributed by atoms with van der Waals surface area (Å²) in [5.41, 5.74) is 2.72. The van der Waals surface area contributed by atoms with Gasteiger partial charge in [0.1, 0.15) is 6.10 Å². The van der Waals surface area contributed by atoms with Crippen molar-refractivity contribution in [2.24, 2.45) is 11.8 Å². The molecule has 0 radical (unpaired) electrons. The minimum absolute atomic E-state index is 0.0146. The predicted octanol–water partition coefficient (Wildman–Crippen LogP) is 1.63. The molecule has 2 aliphatic heterocycles. The Bertz CT molecular complexity index is 645. The minimum Gasteiger partial charge on any atom is -0.493 e. The summed E-state index contributed by atoms with van der Waals surface area (Å²) in [6, 6.07) is 4.74. The van der Waals surface area contributed by atoms with Crippen LogP contribution in [0.1, 0.15) is 30.9 Å². The highest BCUT2D eigenvalue weighted by atomic mass is 16.5. The van der Waals surface area contributed by atoms with Crippen LogP contribution in [0.2, 0.25) is 0 Å². The fraction of sp³-hybridized carbons (Fsp3) is 0.667. The lowest BCUT2D eigenvalue weighted by molar-refractivity contribution is -0.103. The third-order valence-electron chi connectivity index (χ3n) is 6.70. The molecular weight excluding hydrogens is 278 g/mol. The first-order valence-corrected chi connectivity index (χ1v) is 8.45. The molecule has 1 saturated carbocycles. The molecule has 0 amide bonds. The molecule has 6 atom stereocenters. The van der Waals surface area contributed by atoms with Crippen molar-refractivity contribution in [1.29, 1.82) is 0 Å². The third kappa shape index (κ3) is 1.32. The predicted molar refractivity (Wildman–Crippen MR) is 82.5 cm³/mol. The fourth-order valence-corrected chi connectivity index (χ4v) is 5.79. The topological polar surface area (TPSA) is 50.7 Å². The van der Waals surface area contributed by atoms with Crippen LogP contribution < -0.4 is 14.8 Å². The number of nitrogens with one attached hydrogen (secondary N) is 1. The smallest absolute Gasteiger partial charge is 0.165 e. The Kier molecular flexibility index (Phi) is 2.51. The summed E-state index contributed by atoms with van der Waals surface area (Å²) < 4.78 is 11.9. The van der Waals surface area contributed by atoms with Gasteiger partial charge in [0.25, 0.3) is 0 Å². The molecule has 1 aromatic rings. The van der Waals surface area contributed by atoms with Gasteiger partial charge in [-0.2, -0.15) is 0 Å². The molecule has 1 unspecified atom stereocenters. The quantitative estimate of drug-likeness (QED) is 0.828. The van der Waals surface area contributed by atoms with Crippen LogP contribution in [0.15, 0.2) is 12.1 Å². The van der Waals surface area contributed by atoms with E-state index < -0.39 is 6.10 Å². The number of benzene rings is 1. The van der Waals surface area contributed by atoms with Crippen molar-refractivity contribution in [2.45, 2.75) is 49.9 Å². The molecule has 4 nitrogen and oxygen atoms in total. The lowest BCUT2D eigenvalue weighted by Gasteiger charge is -2.57. The number of aliphatic hydroxyl groups is 1.